The van der Waals surface area contributed by atoms with Gasteiger partial charge < -0.3 is 14.2 Å². The normalized spacial score (nSPS) is 33.8. The summed E-state index contributed by atoms with van der Waals surface area (Å²) in [6, 6.07) is 0. The van der Waals surface area contributed by atoms with Gasteiger partial charge in [-0.2, -0.15) is 17.2 Å². The Hall–Kier alpha value is -1.59. The van der Waals surface area contributed by atoms with Crippen LogP contribution in [0.1, 0.15) is 13.3 Å². The van der Waals surface area contributed by atoms with E-state index in [2.05, 4.69) is 4.74 Å². The van der Waals surface area contributed by atoms with Gasteiger partial charge in [-0.25, -0.2) is 0 Å². The number of hydrogen-bond donors (Lipinski definition) is 1. The second-order valence-electron chi connectivity index (χ2n) is 6.70. The highest BCUT2D eigenvalue weighted by molar-refractivity contribution is 7.86. The molecule has 0 aromatic heterocycles. The van der Waals surface area contributed by atoms with Gasteiger partial charge in [-0.05, 0) is 25.2 Å². The molecule has 2 aliphatic carbocycles. The zero-order valence-corrected chi connectivity index (χ0v) is 14.5. The van der Waals surface area contributed by atoms with Crippen molar-refractivity contribution in [3.8, 4) is 0 Å². The van der Waals surface area contributed by atoms with Crippen molar-refractivity contribution in [1.29, 1.82) is 0 Å². The number of alkyl halides is 2. The Labute approximate surface area is 148 Å². The van der Waals surface area contributed by atoms with Crippen molar-refractivity contribution in [3.63, 3.8) is 0 Å². The fourth-order valence-corrected chi connectivity index (χ4v) is 3.90. The molecule has 3 rings (SSSR count). The van der Waals surface area contributed by atoms with E-state index in [1.165, 1.54) is 0 Å². The summed E-state index contributed by atoms with van der Waals surface area (Å²) in [6.45, 7) is 1.19. The Kier molecular flexibility index (Phi) is 4.82. The molecule has 0 amide bonds. The van der Waals surface area contributed by atoms with Gasteiger partial charge >= 0.3 is 27.3 Å². The van der Waals surface area contributed by atoms with Crippen LogP contribution >= 0.6 is 0 Å². The molecule has 6 atom stereocenters. The van der Waals surface area contributed by atoms with Crippen molar-refractivity contribution >= 4 is 22.1 Å². The van der Waals surface area contributed by atoms with Crippen LogP contribution in [0.25, 0.3) is 0 Å². The average molecular weight is 396 g/mol. The Bertz CT molecular complexity index is 730. The van der Waals surface area contributed by atoms with Gasteiger partial charge in [0.25, 0.3) is 0 Å². The Morgan fingerprint density at radius 3 is 2.31 bits per heavy atom. The number of allylic oxidation sites excluding steroid dienone is 2. The lowest BCUT2D eigenvalue weighted by atomic mass is 9.83. The SMILES string of the molecule is CC(OC(=O)C1C2C=CC(C2)C1C(=O)OCC1CO1)C(F)(F)S(=O)(=O)O. The summed E-state index contributed by atoms with van der Waals surface area (Å²) in [5, 5.41) is -4.66. The van der Waals surface area contributed by atoms with Crippen molar-refractivity contribution in [1.82, 2.24) is 0 Å². The van der Waals surface area contributed by atoms with Crippen molar-refractivity contribution in [3.05, 3.63) is 12.2 Å². The van der Waals surface area contributed by atoms with E-state index in [0.717, 1.165) is 0 Å². The first kappa shape index (κ1) is 19.2. The van der Waals surface area contributed by atoms with Crippen LogP contribution in [0.4, 0.5) is 8.78 Å². The Morgan fingerprint density at radius 1 is 1.27 bits per heavy atom. The minimum atomic E-state index is -5.75. The second kappa shape index (κ2) is 6.54. The molecule has 8 nitrogen and oxygen atoms in total. The van der Waals surface area contributed by atoms with Gasteiger partial charge in [-0.1, -0.05) is 12.2 Å². The third kappa shape index (κ3) is 3.47. The van der Waals surface area contributed by atoms with E-state index < -0.39 is 45.3 Å². The predicted molar refractivity (Wildman–Crippen MR) is 80.5 cm³/mol. The summed E-state index contributed by atoms with van der Waals surface area (Å²) >= 11 is 0. The minimum Gasteiger partial charge on any atom is -0.463 e. The molecule has 0 aromatic carbocycles. The summed E-state index contributed by atoms with van der Waals surface area (Å²) in [5.74, 6) is -4.35. The molecular formula is C15H18F2O8S. The summed E-state index contributed by atoms with van der Waals surface area (Å²) in [7, 11) is -5.75. The molecule has 0 radical (unpaired) electrons. The highest BCUT2D eigenvalue weighted by Crippen LogP contribution is 2.49. The van der Waals surface area contributed by atoms with E-state index in [-0.39, 0.29) is 24.5 Å². The van der Waals surface area contributed by atoms with Crippen LogP contribution in [0.2, 0.25) is 0 Å². The van der Waals surface area contributed by atoms with Gasteiger partial charge in [-0.3, -0.25) is 14.1 Å². The smallest absolute Gasteiger partial charge is 0.405 e. The second-order valence-corrected chi connectivity index (χ2v) is 8.20. The maximum atomic E-state index is 13.6. The quantitative estimate of drug-likeness (QED) is 0.290. The number of halogens is 2. The van der Waals surface area contributed by atoms with E-state index in [1.54, 1.807) is 12.2 Å². The molecule has 26 heavy (non-hydrogen) atoms. The van der Waals surface area contributed by atoms with Crippen LogP contribution in [0.5, 0.6) is 0 Å². The van der Waals surface area contributed by atoms with Gasteiger partial charge in [0.05, 0.1) is 18.4 Å². The Morgan fingerprint density at radius 2 is 1.81 bits per heavy atom. The molecule has 11 heteroatoms. The summed E-state index contributed by atoms with van der Waals surface area (Å²) in [4.78, 5) is 24.7. The van der Waals surface area contributed by atoms with E-state index in [0.29, 0.717) is 20.0 Å². The van der Waals surface area contributed by atoms with Gasteiger partial charge in [0.1, 0.15) is 12.7 Å². The molecule has 1 heterocycles. The van der Waals surface area contributed by atoms with Gasteiger partial charge in [0.15, 0.2) is 6.10 Å². The predicted octanol–water partition coefficient (Wildman–Crippen LogP) is 0.779. The molecule has 0 spiro atoms. The van der Waals surface area contributed by atoms with Gasteiger partial charge in [0.2, 0.25) is 0 Å². The maximum Gasteiger partial charge on any atom is 0.405 e. The van der Waals surface area contributed by atoms with Gasteiger partial charge in [-0.15, -0.1) is 0 Å². The van der Waals surface area contributed by atoms with Gasteiger partial charge in [0, 0.05) is 0 Å². The zero-order chi connectivity index (χ0) is 19.3. The third-order valence-electron chi connectivity index (χ3n) is 4.93. The monoisotopic (exact) mass is 396 g/mol. The molecule has 1 aliphatic heterocycles. The molecule has 146 valence electrons. The number of rotatable bonds is 7. The minimum absolute atomic E-state index is 0.0510. The van der Waals surface area contributed by atoms with E-state index in [9.17, 15) is 26.8 Å². The molecule has 3 aliphatic rings. The van der Waals surface area contributed by atoms with Crippen LogP contribution < -0.4 is 0 Å². The number of carbonyl (C=O) groups excluding carboxylic acids is 2. The lowest BCUT2D eigenvalue weighted by Crippen LogP contribution is -2.44. The zero-order valence-electron chi connectivity index (χ0n) is 13.7. The molecule has 1 saturated carbocycles. The van der Waals surface area contributed by atoms with Crippen LogP contribution in [0.3, 0.4) is 0 Å². The highest BCUT2D eigenvalue weighted by atomic mass is 32.2. The number of epoxide rings is 1. The standard InChI is InChI=1S/C15H18F2O8S/c1-7(15(16,17)26(20,21)22)25-14(19)12-9-3-2-8(4-9)11(12)13(18)24-6-10-5-23-10/h2-3,7-12H,4-6H2,1H3,(H,20,21,22). The maximum absolute atomic E-state index is 13.6. The number of carbonyl (C=O) groups is 2. The first-order valence-corrected chi connectivity index (χ1v) is 9.48. The molecule has 1 N–H and O–H groups in total. The fourth-order valence-electron chi connectivity index (χ4n) is 3.43. The van der Waals surface area contributed by atoms with Crippen molar-refractivity contribution < 1.29 is 45.6 Å². The van der Waals surface area contributed by atoms with Crippen LogP contribution in [-0.4, -0.2) is 55.6 Å². The van der Waals surface area contributed by atoms with Crippen molar-refractivity contribution in [2.75, 3.05) is 13.2 Å². The fraction of sp³-hybridized carbons (Fsp3) is 0.733. The summed E-state index contributed by atoms with van der Waals surface area (Å²) in [5.41, 5.74) is 0. The van der Waals surface area contributed by atoms with Crippen molar-refractivity contribution in [2.24, 2.45) is 23.7 Å². The summed E-state index contributed by atoms with van der Waals surface area (Å²) in [6.07, 6.45) is 1.37. The molecule has 2 bridgehead atoms. The van der Waals surface area contributed by atoms with E-state index >= 15 is 0 Å². The number of fused-ring (bicyclic) bond motifs is 2. The number of ether oxygens (including phenoxy) is 3. The number of hydrogen-bond acceptors (Lipinski definition) is 7. The lowest BCUT2D eigenvalue weighted by molar-refractivity contribution is -0.172. The highest BCUT2D eigenvalue weighted by Gasteiger charge is 2.56. The first-order chi connectivity index (χ1) is 12.0. The molecule has 2 fully saturated rings. The topological polar surface area (TPSA) is 120 Å². The third-order valence-corrected chi connectivity index (χ3v) is 5.95. The average Bonchev–Trinajstić information content (AvgIpc) is 3.15. The van der Waals surface area contributed by atoms with Crippen LogP contribution in [0, 0.1) is 23.7 Å². The summed E-state index contributed by atoms with van der Waals surface area (Å²) < 4.78 is 72.0. The van der Waals surface area contributed by atoms with Crippen LogP contribution in [-0.2, 0) is 33.9 Å². The first-order valence-electron chi connectivity index (χ1n) is 8.04. The lowest BCUT2D eigenvalue weighted by Gasteiger charge is -2.27. The molecule has 1 saturated heterocycles. The Balaban J connectivity index is 1.70. The molecule has 6 unspecified atom stereocenters. The van der Waals surface area contributed by atoms with E-state index in [4.69, 9.17) is 14.0 Å². The number of esters is 2. The molecule has 0 aromatic rings. The largest absolute Gasteiger partial charge is 0.463 e. The van der Waals surface area contributed by atoms with Crippen LogP contribution in [0.15, 0.2) is 12.2 Å². The molecular weight excluding hydrogens is 378 g/mol. The van der Waals surface area contributed by atoms with E-state index in [1.807, 2.05) is 0 Å². The van der Waals surface area contributed by atoms with Crippen molar-refractivity contribution in [2.45, 2.75) is 30.8 Å².